The SMILES string of the molecule is COCCNc1nc(C2CCN(CC(=O)Nc3cc(C)n(C)n3)CC2)cc2ccccc12. The summed E-state index contributed by atoms with van der Waals surface area (Å²) in [5.41, 5.74) is 2.14. The number of aromatic nitrogens is 3. The van der Waals surface area contributed by atoms with Gasteiger partial charge in [0.2, 0.25) is 5.91 Å². The van der Waals surface area contributed by atoms with Gasteiger partial charge in [-0.25, -0.2) is 4.98 Å². The fourth-order valence-corrected chi connectivity index (χ4v) is 4.23. The molecule has 1 aromatic carbocycles. The third-order valence-corrected chi connectivity index (χ3v) is 6.11. The minimum atomic E-state index is -0.0185. The lowest BCUT2D eigenvalue weighted by molar-refractivity contribution is -0.117. The van der Waals surface area contributed by atoms with Gasteiger partial charge in [0.15, 0.2) is 5.82 Å². The van der Waals surface area contributed by atoms with Crippen molar-refractivity contribution in [3.63, 3.8) is 0 Å². The minimum Gasteiger partial charge on any atom is -0.383 e. The maximum atomic E-state index is 12.4. The van der Waals surface area contributed by atoms with Gasteiger partial charge in [0.05, 0.1) is 13.2 Å². The van der Waals surface area contributed by atoms with Gasteiger partial charge >= 0.3 is 0 Å². The molecule has 3 aromatic rings. The monoisotopic (exact) mass is 436 g/mol. The number of piperidine rings is 1. The van der Waals surface area contributed by atoms with Crippen molar-refractivity contribution in [2.75, 3.05) is 50.5 Å². The van der Waals surface area contributed by atoms with Gasteiger partial charge in [0, 0.05) is 49.5 Å². The van der Waals surface area contributed by atoms with Gasteiger partial charge in [0.25, 0.3) is 0 Å². The molecular weight excluding hydrogens is 404 g/mol. The average Bonchev–Trinajstić information content (AvgIpc) is 3.10. The van der Waals surface area contributed by atoms with Crippen LogP contribution in [0, 0.1) is 6.92 Å². The van der Waals surface area contributed by atoms with E-state index in [-0.39, 0.29) is 5.91 Å². The molecule has 2 aromatic heterocycles. The van der Waals surface area contributed by atoms with Crippen LogP contribution in [0.1, 0.15) is 30.1 Å². The fraction of sp³-hybridized carbons (Fsp3) is 0.458. The number of nitrogens with zero attached hydrogens (tertiary/aromatic N) is 4. The Bertz CT molecular complexity index is 1050. The smallest absolute Gasteiger partial charge is 0.239 e. The number of hydrogen-bond acceptors (Lipinski definition) is 6. The van der Waals surface area contributed by atoms with E-state index in [1.54, 1.807) is 11.8 Å². The molecule has 0 atom stereocenters. The number of anilines is 2. The van der Waals surface area contributed by atoms with E-state index in [2.05, 4.69) is 44.9 Å². The predicted molar refractivity (Wildman–Crippen MR) is 127 cm³/mol. The van der Waals surface area contributed by atoms with Crippen LogP contribution in [0.15, 0.2) is 36.4 Å². The number of fused-ring (bicyclic) bond motifs is 1. The molecule has 8 nitrogen and oxygen atoms in total. The van der Waals surface area contributed by atoms with Crippen molar-refractivity contribution in [2.45, 2.75) is 25.7 Å². The number of carbonyl (C=O) groups is 1. The molecule has 1 saturated heterocycles. The zero-order valence-corrected chi connectivity index (χ0v) is 19.1. The van der Waals surface area contributed by atoms with E-state index in [1.165, 1.54) is 5.39 Å². The Morgan fingerprint density at radius 1 is 1.22 bits per heavy atom. The lowest BCUT2D eigenvalue weighted by atomic mass is 9.92. The van der Waals surface area contributed by atoms with Crippen LogP contribution in [0.4, 0.5) is 11.6 Å². The van der Waals surface area contributed by atoms with Crippen LogP contribution in [-0.2, 0) is 16.6 Å². The lowest BCUT2D eigenvalue weighted by Crippen LogP contribution is -2.39. The molecule has 0 unspecified atom stereocenters. The van der Waals surface area contributed by atoms with Gasteiger partial charge < -0.3 is 15.4 Å². The third kappa shape index (κ3) is 5.26. The predicted octanol–water partition coefficient (Wildman–Crippen LogP) is 3.15. The van der Waals surface area contributed by atoms with Gasteiger partial charge in [-0.2, -0.15) is 5.10 Å². The van der Waals surface area contributed by atoms with Crippen LogP contribution < -0.4 is 10.6 Å². The second-order valence-electron chi connectivity index (χ2n) is 8.43. The van der Waals surface area contributed by atoms with E-state index in [1.807, 2.05) is 26.1 Å². The molecule has 4 rings (SSSR count). The van der Waals surface area contributed by atoms with Crippen LogP contribution >= 0.6 is 0 Å². The second kappa shape index (κ2) is 10.1. The molecule has 2 N–H and O–H groups in total. The molecule has 0 radical (unpaired) electrons. The van der Waals surface area contributed by atoms with Crippen molar-refractivity contribution >= 4 is 28.3 Å². The van der Waals surface area contributed by atoms with Gasteiger partial charge in [-0.05, 0) is 44.3 Å². The number of carbonyl (C=O) groups excluding carboxylic acids is 1. The van der Waals surface area contributed by atoms with Crippen LogP contribution in [0.3, 0.4) is 0 Å². The Balaban J connectivity index is 1.37. The zero-order chi connectivity index (χ0) is 22.5. The summed E-state index contributed by atoms with van der Waals surface area (Å²) in [7, 11) is 3.57. The van der Waals surface area contributed by atoms with Crippen molar-refractivity contribution in [2.24, 2.45) is 7.05 Å². The maximum absolute atomic E-state index is 12.4. The first-order chi connectivity index (χ1) is 15.5. The molecule has 3 heterocycles. The number of methoxy groups -OCH3 is 1. The van der Waals surface area contributed by atoms with E-state index in [9.17, 15) is 4.79 Å². The highest BCUT2D eigenvalue weighted by molar-refractivity contribution is 5.92. The number of amides is 1. The first-order valence-electron chi connectivity index (χ1n) is 11.2. The Labute approximate surface area is 189 Å². The molecule has 8 heteroatoms. The fourth-order valence-electron chi connectivity index (χ4n) is 4.23. The Morgan fingerprint density at radius 3 is 2.72 bits per heavy atom. The molecule has 32 heavy (non-hydrogen) atoms. The number of likely N-dealkylation sites (tertiary alicyclic amines) is 1. The number of pyridine rings is 1. The average molecular weight is 437 g/mol. The number of rotatable bonds is 8. The number of nitrogens with one attached hydrogen (secondary N) is 2. The highest BCUT2D eigenvalue weighted by Gasteiger charge is 2.24. The highest BCUT2D eigenvalue weighted by atomic mass is 16.5. The van der Waals surface area contributed by atoms with Crippen molar-refractivity contribution in [3.05, 3.63) is 47.8 Å². The summed E-state index contributed by atoms with van der Waals surface area (Å²) < 4.78 is 6.94. The third-order valence-electron chi connectivity index (χ3n) is 6.11. The molecule has 0 bridgehead atoms. The largest absolute Gasteiger partial charge is 0.383 e. The maximum Gasteiger partial charge on any atom is 0.239 e. The van der Waals surface area contributed by atoms with Crippen molar-refractivity contribution in [1.82, 2.24) is 19.7 Å². The van der Waals surface area contributed by atoms with Crippen molar-refractivity contribution < 1.29 is 9.53 Å². The minimum absolute atomic E-state index is 0.0185. The number of hydrogen-bond donors (Lipinski definition) is 2. The second-order valence-corrected chi connectivity index (χ2v) is 8.43. The molecule has 170 valence electrons. The summed E-state index contributed by atoms with van der Waals surface area (Å²) >= 11 is 0. The van der Waals surface area contributed by atoms with Crippen LogP contribution in [-0.4, -0.2) is 65.5 Å². The number of aryl methyl sites for hydroxylation is 2. The molecule has 1 amide bonds. The molecule has 1 aliphatic heterocycles. The van der Waals surface area contributed by atoms with E-state index < -0.39 is 0 Å². The van der Waals surface area contributed by atoms with E-state index in [0.29, 0.717) is 24.9 Å². The first-order valence-corrected chi connectivity index (χ1v) is 11.2. The summed E-state index contributed by atoms with van der Waals surface area (Å²) in [6.45, 7) is 5.46. The summed E-state index contributed by atoms with van der Waals surface area (Å²) in [5.74, 6) is 1.90. The summed E-state index contributed by atoms with van der Waals surface area (Å²) in [4.78, 5) is 19.6. The Morgan fingerprint density at radius 2 is 2.00 bits per heavy atom. The molecule has 1 fully saturated rings. The summed E-state index contributed by atoms with van der Waals surface area (Å²) in [6, 6.07) is 12.4. The molecule has 0 spiro atoms. The van der Waals surface area contributed by atoms with Crippen LogP contribution in [0.5, 0.6) is 0 Å². The quantitative estimate of drug-likeness (QED) is 0.528. The van der Waals surface area contributed by atoms with Gasteiger partial charge in [-0.1, -0.05) is 24.3 Å². The zero-order valence-electron chi connectivity index (χ0n) is 19.1. The molecule has 1 aliphatic rings. The van der Waals surface area contributed by atoms with E-state index >= 15 is 0 Å². The van der Waals surface area contributed by atoms with Crippen molar-refractivity contribution in [3.8, 4) is 0 Å². The molecule has 0 saturated carbocycles. The summed E-state index contributed by atoms with van der Waals surface area (Å²) in [6.07, 6.45) is 1.97. The normalized spacial score (nSPS) is 15.2. The lowest BCUT2D eigenvalue weighted by Gasteiger charge is -2.31. The standard InChI is InChI=1S/C24H32N6O2/c1-17-14-22(28-29(17)2)27-23(31)16-30-11-8-18(9-12-30)21-15-19-6-4-5-7-20(19)24(26-21)25-10-13-32-3/h4-7,14-15,18H,8-13,16H2,1-3H3,(H,25,26)(H,27,28,31). The topological polar surface area (TPSA) is 84.3 Å². The van der Waals surface area contributed by atoms with Crippen LogP contribution in [0.25, 0.3) is 10.8 Å². The van der Waals surface area contributed by atoms with Gasteiger partial charge in [0.1, 0.15) is 5.82 Å². The summed E-state index contributed by atoms with van der Waals surface area (Å²) in [5, 5.41) is 13.0. The van der Waals surface area contributed by atoms with Crippen LogP contribution in [0.2, 0.25) is 0 Å². The highest BCUT2D eigenvalue weighted by Crippen LogP contribution is 2.31. The Kier molecular flexibility index (Phi) is 7.02. The van der Waals surface area contributed by atoms with E-state index in [4.69, 9.17) is 9.72 Å². The number of ether oxygens (including phenoxy) is 1. The number of benzene rings is 1. The van der Waals surface area contributed by atoms with Gasteiger partial charge in [-0.15, -0.1) is 0 Å². The van der Waals surface area contributed by atoms with E-state index in [0.717, 1.165) is 55.1 Å². The molecule has 0 aliphatic carbocycles. The van der Waals surface area contributed by atoms with Crippen molar-refractivity contribution in [1.29, 1.82) is 0 Å². The Hall–Kier alpha value is -2.97. The molecular formula is C24H32N6O2. The van der Waals surface area contributed by atoms with Gasteiger partial charge in [-0.3, -0.25) is 14.4 Å². The first kappa shape index (κ1) is 22.2.